The number of piperidine rings is 1. The predicted molar refractivity (Wildman–Crippen MR) is 118 cm³/mol. The summed E-state index contributed by atoms with van der Waals surface area (Å²) in [6.07, 6.45) is 3.19. The van der Waals surface area contributed by atoms with Gasteiger partial charge in [-0.3, -0.25) is 4.79 Å². The number of hydrogen-bond acceptors (Lipinski definition) is 8. The number of amides is 1. The molecule has 0 bridgehead atoms. The Hall–Kier alpha value is -3.82. The van der Waals surface area contributed by atoms with Crippen molar-refractivity contribution < 1.29 is 9.32 Å². The smallest absolute Gasteiger partial charge is 0.263 e. The molecule has 1 fully saturated rings. The first-order valence-corrected chi connectivity index (χ1v) is 10.7. The van der Waals surface area contributed by atoms with Gasteiger partial charge in [-0.15, -0.1) is 0 Å². The van der Waals surface area contributed by atoms with Gasteiger partial charge in [0, 0.05) is 25.2 Å². The van der Waals surface area contributed by atoms with Gasteiger partial charge < -0.3 is 19.7 Å². The second-order valence-corrected chi connectivity index (χ2v) is 7.98. The molecule has 1 aliphatic heterocycles. The second kappa shape index (κ2) is 8.37. The van der Waals surface area contributed by atoms with Crippen LogP contribution < -0.4 is 10.2 Å². The van der Waals surface area contributed by atoms with E-state index in [1.807, 2.05) is 31.2 Å². The van der Waals surface area contributed by atoms with Gasteiger partial charge in [0.05, 0.1) is 17.6 Å². The van der Waals surface area contributed by atoms with E-state index in [1.165, 1.54) is 0 Å². The van der Waals surface area contributed by atoms with E-state index in [1.54, 1.807) is 13.1 Å². The molecule has 0 spiro atoms. The third-order valence-corrected chi connectivity index (χ3v) is 5.68. The lowest BCUT2D eigenvalue weighted by Gasteiger charge is -2.32. The number of para-hydroxylation sites is 2. The van der Waals surface area contributed by atoms with Gasteiger partial charge in [0.1, 0.15) is 23.0 Å². The van der Waals surface area contributed by atoms with Crippen molar-refractivity contribution in [3.63, 3.8) is 0 Å². The summed E-state index contributed by atoms with van der Waals surface area (Å²) in [5.74, 6) is 3.17. The first kappa shape index (κ1) is 20.1. The van der Waals surface area contributed by atoms with Gasteiger partial charge in [0.25, 0.3) is 5.89 Å². The molecule has 164 valence electrons. The number of rotatable bonds is 5. The maximum Gasteiger partial charge on any atom is 0.263 e. The summed E-state index contributed by atoms with van der Waals surface area (Å²) in [5.41, 5.74) is 2.58. The molecule has 0 atom stereocenters. The number of benzene rings is 1. The first-order valence-electron chi connectivity index (χ1n) is 10.7. The predicted octanol–water partition coefficient (Wildman–Crippen LogP) is 2.55. The van der Waals surface area contributed by atoms with E-state index in [9.17, 15) is 4.79 Å². The SMILES string of the molecule is Cc1noc(-c2cnc(C)nc2N2CCC(C(=O)NCc3nc4ccccc4[nH]3)CC2)n1. The summed E-state index contributed by atoms with van der Waals surface area (Å²) >= 11 is 0. The van der Waals surface area contributed by atoms with Crippen molar-refractivity contribution in [3.05, 3.63) is 47.9 Å². The van der Waals surface area contributed by atoms with Crippen LogP contribution in [0.4, 0.5) is 5.82 Å². The molecule has 2 N–H and O–H groups in total. The minimum Gasteiger partial charge on any atom is -0.356 e. The Kier molecular flexibility index (Phi) is 5.26. The molecule has 0 radical (unpaired) electrons. The minimum atomic E-state index is -0.0485. The zero-order valence-electron chi connectivity index (χ0n) is 18.0. The summed E-state index contributed by atoms with van der Waals surface area (Å²) in [6, 6.07) is 7.83. The lowest BCUT2D eigenvalue weighted by atomic mass is 9.95. The number of hydrogen-bond donors (Lipinski definition) is 2. The van der Waals surface area contributed by atoms with Gasteiger partial charge in [0.15, 0.2) is 5.82 Å². The van der Waals surface area contributed by atoms with Crippen molar-refractivity contribution in [3.8, 4) is 11.5 Å². The third kappa shape index (κ3) is 4.03. The maximum atomic E-state index is 12.7. The Labute approximate surface area is 184 Å². The highest BCUT2D eigenvalue weighted by molar-refractivity contribution is 5.79. The van der Waals surface area contributed by atoms with E-state index < -0.39 is 0 Å². The number of H-pyrrole nitrogens is 1. The topological polar surface area (TPSA) is 126 Å². The molecular weight excluding hydrogens is 408 g/mol. The number of fused-ring (bicyclic) bond motifs is 1. The van der Waals surface area contributed by atoms with Crippen LogP contribution in [0, 0.1) is 19.8 Å². The second-order valence-electron chi connectivity index (χ2n) is 7.98. The lowest BCUT2D eigenvalue weighted by molar-refractivity contribution is -0.125. The molecule has 0 unspecified atom stereocenters. The highest BCUT2D eigenvalue weighted by atomic mass is 16.5. The Bertz CT molecular complexity index is 1220. The van der Waals surface area contributed by atoms with E-state index in [0.29, 0.717) is 42.7 Å². The summed E-state index contributed by atoms with van der Waals surface area (Å²) in [7, 11) is 0. The number of aryl methyl sites for hydroxylation is 2. The molecular formula is C22H24N8O2. The highest BCUT2D eigenvalue weighted by Gasteiger charge is 2.28. The number of nitrogens with one attached hydrogen (secondary N) is 2. The fraction of sp³-hybridized carbons (Fsp3) is 0.364. The van der Waals surface area contributed by atoms with Crippen LogP contribution in [0.3, 0.4) is 0 Å². The molecule has 0 saturated carbocycles. The molecule has 1 saturated heterocycles. The standard InChI is InChI=1S/C22H24N8O2/c1-13-23-11-16(22-26-14(2)29-32-22)20(25-13)30-9-7-15(8-10-30)21(31)24-12-19-27-17-5-3-4-6-18(17)28-19/h3-6,11,15H,7-10,12H2,1-2H3,(H,24,31)(H,27,28). The molecule has 1 aliphatic rings. The highest BCUT2D eigenvalue weighted by Crippen LogP contribution is 2.30. The van der Waals surface area contributed by atoms with Crippen LogP contribution in [0.15, 0.2) is 35.0 Å². The van der Waals surface area contributed by atoms with Gasteiger partial charge in [-0.1, -0.05) is 17.3 Å². The van der Waals surface area contributed by atoms with Crippen LogP contribution >= 0.6 is 0 Å². The number of anilines is 1. The monoisotopic (exact) mass is 432 g/mol. The molecule has 5 rings (SSSR count). The zero-order valence-corrected chi connectivity index (χ0v) is 18.0. The normalized spacial score (nSPS) is 14.8. The summed E-state index contributed by atoms with van der Waals surface area (Å²) in [6.45, 7) is 5.43. The van der Waals surface area contributed by atoms with Gasteiger partial charge in [0.2, 0.25) is 5.91 Å². The van der Waals surface area contributed by atoms with Crippen LogP contribution in [0.5, 0.6) is 0 Å². The molecule has 10 nitrogen and oxygen atoms in total. The van der Waals surface area contributed by atoms with Gasteiger partial charge in [-0.25, -0.2) is 15.0 Å². The maximum absolute atomic E-state index is 12.7. The van der Waals surface area contributed by atoms with Crippen LogP contribution in [-0.4, -0.2) is 49.1 Å². The van der Waals surface area contributed by atoms with E-state index in [0.717, 1.165) is 35.5 Å². The van der Waals surface area contributed by atoms with Crippen molar-refractivity contribution in [2.75, 3.05) is 18.0 Å². The van der Waals surface area contributed by atoms with Crippen LogP contribution in [0.1, 0.15) is 30.3 Å². The van der Waals surface area contributed by atoms with Crippen LogP contribution in [0.25, 0.3) is 22.5 Å². The molecule has 3 aromatic heterocycles. The minimum absolute atomic E-state index is 0.0485. The number of imidazole rings is 1. The average molecular weight is 432 g/mol. The molecule has 0 aliphatic carbocycles. The largest absolute Gasteiger partial charge is 0.356 e. The van der Waals surface area contributed by atoms with Crippen molar-refractivity contribution in [1.82, 2.24) is 35.4 Å². The molecule has 1 amide bonds. The fourth-order valence-corrected chi connectivity index (χ4v) is 4.01. The van der Waals surface area contributed by atoms with Crippen molar-refractivity contribution in [2.24, 2.45) is 5.92 Å². The van der Waals surface area contributed by atoms with Gasteiger partial charge >= 0.3 is 0 Å². The van der Waals surface area contributed by atoms with E-state index >= 15 is 0 Å². The summed E-state index contributed by atoms with van der Waals surface area (Å²) < 4.78 is 5.34. The number of aromatic nitrogens is 6. The van der Waals surface area contributed by atoms with Crippen molar-refractivity contribution >= 4 is 22.8 Å². The van der Waals surface area contributed by atoms with Gasteiger partial charge in [-0.2, -0.15) is 4.98 Å². The molecule has 4 heterocycles. The Balaban J connectivity index is 1.22. The van der Waals surface area contributed by atoms with Crippen LogP contribution in [0.2, 0.25) is 0 Å². The number of carbonyl (C=O) groups excluding carboxylic acids is 1. The van der Waals surface area contributed by atoms with Crippen molar-refractivity contribution in [1.29, 1.82) is 0 Å². The molecule has 32 heavy (non-hydrogen) atoms. The quantitative estimate of drug-likeness (QED) is 0.493. The first-order chi connectivity index (χ1) is 15.6. The summed E-state index contributed by atoms with van der Waals surface area (Å²) in [4.78, 5) is 35.9. The Morgan fingerprint density at radius 2 is 1.97 bits per heavy atom. The van der Waals surface area contributed by atoms with E-state index in [2.05, 4.69) is 40.3 Å². The van der Waals surface area contributed by atoms with Crippen molar-refractivity contribution in [2.45, 2.75) is 33.2 Å². The van der Waals surface area contributed by atoms with E-state index in [-0.39, 0.29) is 11.8 Å². The Morgan fingerprint density at radius 1 is 1.16 bits per heavy atom. The third-order valence-electron chi connectivity index (χ3n) is 5.68. The lowest BCUT2D eigenvalue weighted by Crippen LogP contribution is -2.41. The summed E-state index contributed by atoms with van der Waals surface area (Å²) in [5, 5.41) is 6.90. The number of carbonyl (C=O) groups is 1. The number of aromatic amines is 1. The zero-order chi connectivity index (χ0) is 22.1. The van der Waals surface area contributed by atoms with Gasteiger partial charge in [-0.05, 0) is 38.8 Å². The number of nitrogens with zero attached hydrogens (tertiary/aromatic N) is 6. The van der Waals surface area contributed by atoms with Crippen LogP contribution in [-0.2, 0) is 11.3 Å². The average Bonchev–Trinajstić information content (AvgIpc) is 3.43. The molecule has 1 aromatic carbocycles. The molecule has 10 heteroatoms. The molecule has 4 aromatic rings. The fourth-order valence-electron chi connectivity index (χ4n) is 4.01. The Morgan fingerprint density at radius 3 is 2.72 bits per heavy atom. The van der Waals surface area contributed by atoms with E-state index in [4.69, 9.17) is 4.52 Å².